The SMILES string of the molecule is CC(O)COc1c(F)cc(C2=NNC(=O)CC2C)cc1Br. The van der Waals surface area contributed by atoms with Crippen LogP contribution in [0.5, 0.6) is 5.75 Å². The number of carbonyl (C=O) groups excluding carboxylic acids is 1. The highest BCUT2D eigenvalue weighted by Crippen LogP contribution is 2.31. The van der Waals surface area contributed by atoms with Crippen molar-refractivity contribution >= 4 is 27.5 Å². The first kappa shape index (κ1) is 15.9. The summed E-state index contributed by atoms with van der Waals surface area (Å²) in [6, 6.07) is 3.00. The van der Waals surface area contributed by atoms with Crippen LogP contribution in [0.4, 0.5) is 4.39 Å². The standard InChI is InChI=1S/C14H16BrFN2O3/c1-7-3-12(20)17-18-13(7)9-4-10(15)14(11(16)5-9)21-6-8(2)19/h4-5,7-8,19H,3,6H2,1-2H3,(H,17,20). The maximum atomic E-state index is 14.1. The first-order chi connectivity index (χ1) is 9.88. The molecule has 1 amide bonds. The quantitative estimate of drug-likeness (QED) is 0.866. The number of nitrogens with zero attached hydrogens (tertiary/aromatic N) is 1. The highest BCUT2D eigenvalue weighted by atomic mass is 79.9. The number of carbonyl (C=O) groups is 1. The van der Waals surface area contributed by atoms with Crippen LogP contribution in [-0.4, -0.2) is 29.4 Å². The van der Waals surface area contributed by atoms with E-state index >= 15 is 0 Å². The minimum absolute atomic E-state index is 0.00226. The number of amides is 1. The van der Waals surface area contributed by atoms with Crippen LogP contribution >= 0.6 is 15.9 Å². The summed E-state index contributed by atoms with van der Waals surface area (Å²) in [5, 5.41) is 13.2. The Morgan fingerprint density at radius 3 is 2.90 bits per heavy atom. The van der Waals surface area contributed by atoms with E-state index in [0.29, 0.717) is 22.2 Å². The molecule has 0 fully saturated rings. The number of hydrazone groups is 1. The molecular weight excluding hydrogens is 343 g/mol. The Bertz CT molecular complexity index is 567. The number of rotatable bonds is 4. The molecule has 1 aliphatic heterocycles. The van der Waals surface area contributed by atoms with Gasteiger partial charge in [-0.05, 0) is 35.0 Å². The number of benzene rings is 1. The molecule has 2 N–H and O–H groups in total. The van der Waals surface area contributed by atoms with E-state index in [1.807, 2.05) is 6.92 Å². The van der Waals surface area contributed by atoms with Gasteiger partial charge in [-0.2, -0.15) is 5.10 Å². The van der Waals surface area contributed by atoms with Gasteiger partial charge in [0.25, 0.3) is 0 Å². The normalized spacial score (nSPS) is 19.8. The Hall–Kier alpha value is -1.47. The van der Waals surface area contributed by atoms with Crippen molar-refractivity contribution in [3.8, 4) is 5.75 Å². The second-order valence-corrected chi connectivity index (χ2v) is 5.92. The Kier molecular flexibility index (Phi) is 4.95. The number of hydrogen-bond donors (Lipinski definition) is 2. The third-order valence-corrected chi connectivity index (χ3v) is 3.61. The van der Waals surface area contributed by atoms with E-state index in [1.54, 1.807) is 13.0 Å². The number of ether oxygens (including phenoxy) is 1. The minimum Gasteiger partial charge on any atom is -0.487 e. The van der Waals surface area contributed by atoms with Gasteiger partial charge in [0.05, 0.1) is 16.3 Å². The van der Waals surface area contributed by atoms with Crippen molar-refractivity contribution in [2.75, 3.05) is 6.61 Å². The largest absolute Gasteiger partial charge is 0.487 e. The zero-order valence-corrected chi connectivity index (χ0v) is 13.3. The average molecular weight is 359 g/mol. The first-order valence-electron chi connectivity index (χ1n) is 6.55. The molecule has 0 aromatic heterocycles. The van der Waals surface area contributed by atoms with Crippen molar-refractivity contribution in [1.29, 1.82) is 0 Å². The lowest BCUT2D eigenvalue weighted by atomic mass is 9.94. The van der Waals surface area contributed by atoms with E-state index in [4.69, 9.17) is 4.74 Å². The fourth-order valence-corrected chi connectivity index (χ4v) is 2.60. The van der Waals surface area contributed by atoms with Gasteiger partial charge in [-0.15, -0.1) is 0 Å². The molecule has 0 aliphatic carbocycles. The molecule has 21 heavy (non-hydrogen) atoms. The molecule has 114 valence electrons. The van der Waals surface area contributed by atoms with Gasteiger partial charge >= 0.3 is 0 Å². The molecule has 1 heterocycles. The topological polar surface area (TPSA) is 70.9 Å². The third-order valence-electron chi connectivity index (χ3n) is 3.02. The maximum absolute atomic E-state index is 14.1. The first-order valence-corrected chi connectivity index (χ1v) is 7.34. The molecule has 0 saturated heterocycles. The van der Waals surface area contributed by atoms with Crippen LogP contribution in [0.15, 0.2) is 21.7 Å². The summed E-state index contributed by atoms with van der Waals surface area (Å²) in [7, 11) is 0. The monoisotopic (exact) mass is 358 g/mol. The van der Waals surface area contributed by atoms with Gasteiger partial charge in [-0.25, -0.2) is 9.82 Å². The third kappa shape index (κ3) is 3.79. The summed E-state index contributed by atoms with van der Waals surface area (Å²) in [5.41, 5.74) is 3.60. The van der Waals surface area contributed by atoms with Gasteiger partial charge < -0.3 is 9.84 Å². The molecule has 2 atom stereocenters. The molecule has 1 aromatic carbocycles. The van der Waals surface area contributed by atoms with Crippen molar-refractivity contribution in [3.05, 3.63) is 28.0 Å². The lowest BCUT2D eigenvalue weighted by Gasteiger charge is -2.20. The molecule has 0 saturated carbocycles. The Morgan fingerprint density at radius 2 is 2.33 bits per heavy atom. The van der Waals surface area contributed by atoms with E-state index in [9.17, 15) is 14.3 Å². The maximum Gasteiger partial charge on any atom is 0.240 e. The second kappa shape index (κ2) is 6.53. The summed E-state index contributed by atoms with van der Waals surface area (Å²) < 4.78 is 19.8. The van der Waals surface area contributed by atoms with Crippen molar-refractivity contribution in [3.63, 3.8) is 0 Å². The van der Waals surface area contributed by atoms with Crippen LogP contribution in [0.3, 0.4) is 0 Å². The summed E-state index contributed by atoms with van der Waals surface area (Å²) in [6.45, 7) is 3.42. The van der Waals surface area contributed by atoms with Crippen LogP contribution in [-0.2, 0) is 4.79 Å². The highest BCUT2D eigenvalue weighted by Gasteiger charge is 2.23. The average Bonchev–Trinajstić information content (AvgIpc) is 2.37. The predicted molar refractivity (Wildman–Crippen MR) is 79.7 cm³/mol. The second-order valence-electron chi connectivity index (χ2n) is 5.07. The van der Waals surface area contributed by atoms with Gasteiger partial charge in [-0.3, -0.25) is 4.79 Å². The predicted octanol–water partition coefficient (Wildman–Crippen LogP) is 2.21. The smallest absolute Gasteiger partial charge is 0.240 e. The van der Waals surface area contributed by atoms with Gasteiger partial charge in [0.1, 0.15) is 6.61 Å². The molecular formula is C14H16BrFN2O3. The molecule has 1 aliphatic rings. The molecule has 0 radical (unpaired) electrons. The molecule has 0 bridgehead atoms. The van der Waals surface area contributed by atoms with E-state index in [1.165, 1.54) is 6.07 Å². The Labute approximate surface area is 130 Å². The summed E-state index contributed by atoms with van der Waals surface area (Å²) in [4.78, 5) is 11.2. The van der Waals surface area contributed by atoms with Crippen LogP contribution in [0, 0.1) is 11.7 Å². The molecule has 2 rings (SSSR count). The van der Waals surface area contributed by atoms with Gasteiger partial charge in [-0.1, -0.05) is 6.92 Å². The fraction of sp³-hybridized carbons (Fsp3) is 0.429. The van der Waals surface area contributed by atoms with Crippen molar-refractivity contribution in [2.24, 2.45) is 11.0 Å². The van der Waals surface area contributed by atoms with Crippen LogP contribution in [0.25, 0.3) is 0 Å². The molecule has 5 nitrogen and oxygen atoms in total. The number of aliphatic hydroxyl groups is 1. The van der Waals surface area contributed by atoms with Gasteiger partial charge in [0.2, 0.25) is 5.91 Å². The van der Waals surface area contributed by atoms with Crippen molar-refractivity contribution < 1.29 is 19.0 Å². The van der Waals surface area contributed by atoms with E-state index in [0.717, 1.165) is 0 Å². The Morgan fingerprint density at radius 1 is 1.62 bits per heavy atom. The molecule has 7 heteroatoms. The number of halogens is 2. The minimum atomic E-state index is -0.686. The molecule has 2 unspecified atom stereocenters. The lowest BCUT2D eigenvalue weighted by molar-refractivity contribution is -0.121. The van der Waals surface area contributed by atoms with E-state index in [-0.39, 0.29) is 24.2 Å². The number of hydrogen-bond acceptors (Lipinski definition) is 4. The van der Waals surface area contributed by atoms with Gasteiger partial charge in [0, 0.05) is 17.9 Å². The zero-order valence-electron chi connectivity index (χ0n) is 11.7. The van der Waals surface area contributed by atoms with E-state index < -0.39 is 11.9 Å². The van der Waals surface area contributed by atoms with Gasteiger partial charge in [0.15, 0.2) is 11.6 Å². The zero-order chi connectivity index (χ0) is 15.6. The molecule has 0 spiro atoms. The van der Waals surface area contributed by atoms with Crippen LogP contribution < -0.4 is 10.2 Å². The summed E-state index contributed by atoms with van der Waals surface area (Å²) >= 11 is 3.26. The van der Waals surface area contributed by atoms with Crippen LogP contribution in [0.2, 0.25) is 0 Å². The fourth-order valence-electron chi connectivity index (χ4n) is 2.05. The summed E-state index contributed by atoms with van der Waals surface area (Å²) in [5.74, 6) is -0.739. The van der Waals surface area contributed by atoms with Crippen molar-refractivity contribution in [2.45, 2.75) is 26.4 Å². The van der Waals surface area contributed by atoms with Crippen LogP contribution in [0.1, 0.15) is 25.8 Å². The lowest BCUT2D eigenvalue weighted by Crippen LogP contribution is -2.32. The van der Waals surface area contributed by atoms with Crippen molar-refractivity contribution in [1.82, 2.24) is 5.43 Å². The summed E-state index contributed by atoms with van der Waals surface area (Å²) in [6.07, 6.45) is -0.368. The highest BCUT2D eigenvalue weighted by molar-refractivity contribution is 9.10. The molecule has 1 aromatic rings. The Balaban J connectivity index is 2.29. The number of nitrogens with one attached hydrogen (secondary N) is 1. The van der Waals surface area contributed by atoms with E-state index in [2.05, 4.69) is 26.5 Å². The number of aliphatic hydroxyl groups excluding tert-OH is 1.